The Labute approximate surface area is 133 Å². The summed E-state index contributed by atoms with van der Waals surface area (Å²) in [5.41, 5.74) is 2.11. The molecule has 0 radical (unpaired) electrons. The van der Waals surface area contributed by atoms with Crippen LogP contribution in [0.4, 0.5) is 0 Å². The molecule has 2 saturated carbocycles. The molecular weight excluding hydrogens is 294 g/mol. The van der Waals surface area contributed by atoms with E-state index < -0.39 is 5.97 Å². The highest BCUT2D eigenvalue weighted by Gasteiger charge is 2.65. The second-order valence-electron chi connectivity index (χ2n) is 6.46. The Balaban J connectivity index is 1.43. The number of carboxylic acid groups (broad SMARTS) is 1. The van der Waals surface area contributed by atoms with Crippen molar-refractivity contribution in [2.24, 2.45) is 11.3 Å². The van der Waals surface area contributed by atoms with E-state index in [2.05, 4.69) is 10.4 Å². The predicted octanol–water partition coefficient (Wildman–Crippen LogP) is 1.99. The summed E-state index contributed by atoms with van der Waals surface area (Å²) in [5, 5.41) is 15.9. The minimum atomic E-state index is -1.05. The van der Waals surface area contributed by atoms with E-state index in [1.54, 1.807) is 6.20 Å². The second kappa shape index (κ2) is 4.94. The molecule has 4 rings (SSSR count). The Kier molecular flexibility index (Phi) is 3.01. The van der Waals surface area contributed by atoms with Gasteiger partial charge in [0.1, 0.15) is 0 Å². The molecule has 2 aliphatic carbocycles. The third-order valence-electron chi connectivity index (χ3n) is 4.85. The molecule has 2 aliphatic rings. The van der Waals surface area contributed by atoms with Crippen molar-refractivity contribution in [1.29, 1.82) is 0 Å². The smallest absolute Gasteiger partial charge is 0.356 e. The van der Waals surface area contributed by atoms with E-state index in [1.165, 1.54) is 23.6 Å². The van der Waals surface area contributed by atoms with Gasteiger partial charge in [-0.25, -0.2) is 9.48 Å². The number of aromatic carboxylic acids is 1. The van der Waals surface area contributed by atoms with Gasteiger partial charge in [-0.3, -0.25) is 4.79 Å². The maximum atomic E-state index is 12.1. The fourth-order valence-electron chi connectivity index (χ4n) is 3.13. The van der Waals surface area contributed by atoms with Crippen LogP contribution < -0.4 is 5.32 Å². The highest BCUT2D eigenvalue weighted by molar-refractivity contribution is 5.85. The minimum Gasteiger partial charge on any atom is -0.476 e. The van der Waals surface area contributed by atoms with Crippen LogP contribution in [0.15, 0.2) is 36.5 Å². The lowest BCUT2D eigenvalue weighted by Gasteiger charge is -2.07. The van der Waals surface area contributed by atoms with Gasteiger partial charge in [0.2, 0.25) is 5.91 Å². The average Bonchev–Trinajstić information content (AvgIpc) is 3.43. The van der Waals surface area contributed by atoms with Crippen LogP contribution in [0, 0.1) is 11.3 Å². The molecule has 1 heterocycles. The number of benzene rings is 1. The quantitative estimate of drug-likeness (QED) is 0.884. The van der Waals surface area contributed by atoms with E-state index in [0.29, 0.717) is 12.0 Å². The monoisotopic (exact) mass is 311 g/mol. The van der Waals surface area contributed by atoms with Gasteiger partial charge < -0.3 is 10.4 Å². The normalized spacial score (nSPS) is 20.3. The molecule has 1 unspecified atom stereocenters. The number of nitrogens with zero attached hydrogens (tertiary/aromatic N) is 2. The Morgan fingerprint density at radius 2 is 2.17 bits per heavy atom. The SMILES string of the molecule is O=C(O)c1ccn(-c2cccc(CNC(=O)C3CC34CC4)c2)n1. The number of nitrogens with one attached hydrogen (secondary N) is 1. The molecule has 2 aromatic rings. The number of carbonyl (C=O) groups is 2. The number of hydrogen-bond acceptors (Lipinski definition) is 3. The largest absolute Gasteiger partial charge is 0.476 e. The summed E-state index contributed by atoms with van der Waals surface area (Å²) in [6.07, 6.45) is 5.06. The zero-order valence-electron chi connectivity index (χ0n) is 12.5. The van der Waals surface area contributed by atoms with Crippen LogP contribution in [0.5, 0.6) is 0 Å². The molecule has 0 bridgehead atoms. The number of carboxylic acids is 1. The Morgan fingerprint density at radius 3 is 2.83 bits per heavy atom. The molecule has 0 saturated heterocycles. The third-order valence-corrected chi connectivity index (χ3v) is 4.85. The van der Waals surface area contributed by atoms with Gasteiger partial charge in [0, 0.05) is 18.7 Å². The Morgan fingerprint density at radius 1 is 1.35 bits per heavy atom. The summed E-state index contributed by atoms with van der Waals surface area (Å²) in [5.74, 6) is -0.680. The van der Waals surface area contributed by atoms with Crippen molar-refractivity contribution in [2.45, 2.75) is 25.8 Å². The molecule has 1 atom stereocenters. The number of carbonyl (C=O) groups excluding carboxylic acids is 1. The topological polar surface area (TPSA) is 84.2 Å². The first kappa shape index (κ1) is 14.0. The van der Waals surface area contributed by atoms with Crippen molar-refractivity contribution in [3.05, 3.63) is 47.8 Å². The first-order valence-corrected chi connectivity index (χ1v) is 7.73. The second-order valence-corrected chi connectivity index (χ2v) is 6.46. The van der Waals surface area contributed by atoms with Gasteiger partial charge >= 0.3 is 5.97 Å². The number of rotatable bonds is 5. The van der Waals surface area contributed by atoms with Crippen molar-refractivity contribution in [3.63, 3.8) is 0 Å². The number of amides is 1. The van der Waals surface area contributed by atoms with Crippen LogP contribution in [-0.2, 0) is 11.3 Å². The van der Waals surface area contributed by atoms with E-state index >= 15 is 0 Å². The van der Waals surface area contributed by atoms with E-state index in [4.69, 9.17) is 5.11 Å². The summed E-state index contributed by atoms with van der Waals surface area (Å²) < 4.78 is 1.52. The molecule has 2 fully saturated rings. The van der Waals surface area contributed by atoms with E-state index in [0.717, 1.165) is 17.7 Å². The van der Waals surface area contributed by atoms with Crippen LogP contribution in [0.2, 0.25) is 0 Å². The third kappa shape index (κ3) is 2.60. The van der Waals surface area contributed by atoms with Crippen molar-refractivity contribution >= 4 is 11.9 Å². The zero-order chi connectivity index (χ0) is 16.0. The van der Waals surface area contributed by atoms with Crippen molar-refractivity contribution < 1.29 is 14.7 Å². The van der Waals surface area contributed by atoms with Crippen LogP contribution >= 0.6 is 0 Å². The standard InChI is InChI=1S/C17H17N3O3/c21-15(13-9-17(13)5-6-17)18-10-11-2-1-3-12(8-11)20-7-4-14(19-20)16(22)23/h1-4,7-8,13H,5-6,9-10H2,(H,18,21)(H,22,23). The molecule has 1 spiro atoms. The van der Waals surface area contributed by atoms with Crippen molar-refractivity contribution in [3.8, 4) is 5.69 Å². The molecule has 6 heteroatoms. The van der Waals surface area contributed by atoms with E-state index in [1.807, 2.05) is 24.3 Å². The maximum absolute atomic E-state index is 12.1. The van der Waals surface area contributed by atoms with Crippen LogP contribution in [0.1, 0.15) is 35.3 Å². The van der Waals surface area contributed by atoms with Crippen molar-refractivity contribution in [2.75, 3.05) is 0 Å². The molecule has 1 amide bonds. The van der Waals surface area contributed by atoms with Crippen LogP contribution in [-0.4, -0.2) is 26.8 Å². The lowest BCUT2D eigenvalue weighted by atomic mass is 10.2. The fraction of sp³-hybridized carbons (Fsp3) is 0.353. The van der Waals surface area contributed by atoms with Gasteiger partial charge in [-0.15, -0.1) is 0 Å². The first-order chi connectivity index (χ1) is 11.1. The molecule has 23 heavy (non-hydrogen) atoms. The number of aromatic nitrogens is 2. The summed E-state index contributed by atoms with van der Waals surface area (Å²) in [6.45, 7) is 0.478. The Hall–Kier alpha value is -2.63. The van der Waals surface area contributed by atoms with Crippen molar-refractivity contribution in [1.82, 2.24) is 15.1 Å². The van der Waals surface area contributed by atoms with Gasteiger partial charge in [0.05, 0.1) is 5.69 Å². The van der Waals surface area contributed by atoms with Gasteiger partial charge in [-0.2, -0.15) is 5.10 Å². The summed E-state index contributed by atoms with van der Waals surface area (Å²) in [7, 11) is 0. The maximum Gasteiger partial charge on any atom is 0.356 e. The first-order valence-electron chi connectivity index (χ1n) is 7.73. The highest BCUT2D eigenvalue weighted by Crippen LogP contribution is 2.70. The fourth-order valence-corrected chi connectivity index (χ4v) is 3.13. The molecular formula is C17H17N3O3. The van der Waals surface area contributed by atoms with Gasteiger partial charge in [-0.05, 0) is 48.4 Å². The molecule has 1 aromatic heterocycles. The van der Waals surface area contributed by atoms with Gasteiger partial charge in [-0.1, -0.05) is 12.1 Å². The summed E-state index contributed by atoms with van der Waals surface area (Å²) in [4.78, 5) is 23.0. The minimum absolute atomic E-state index is 0.00664. The molecule has 0 aliphatic heterocycles. The summed E-state index contributed by atoms with van der Waals surface area (Å²) >= 11 is 0. The predicted molar refractivity (Wildman–Crippen MR) is 82.1 cm³/mol. The highest BCUT2D eigenvalue weighted by atomic mass is 16.4. The van der Waals surface area contributed by atoms with E-state index in [-0.39, 0.29) is 17.5 Å². The molecule has 118 valence electrons. The van der Waals surface area contributed by atoms with E-state index in [9.17, 15) is 9.59 Å². The Bertz CT molecular complexity index is 792. The molecule has 6 nitrogen and oxygen atoms in total. The summed E-state index contributed by atoms with van der Waals surface area (Å²) in [6, 6.07) is 9.02. The molecule has 1 aromatic carbocycles. The van der Waals surface area contributed by atoms with Crippen LogP contribution in [0.25, 0.3) is 5.69 Å². The molecule has 2 N–H and O–H groups in total. The zero-order valence-corrected chi connectivity index (χ0v) is 12.5. The number of hydrogen-bond donors (Lipinski definition) is 2. The lowest BCUT2D eigenvalue weighted by Crippen LogP contribution is -2.25. The van der Waals surface area contributed by atoms with Gasteiger partial charge in [0.25, 0.3) is 0 Å². The van der Waals surface area contributed by atoms with Crippen LogP contribution in [0.3, 0.4) is 0 Å². The average molecular weight is 311 g/mol. The lowest BCUT2D eigenvalue weighted by molar-refractivity contribution is -0.122. The van der Waals surface area contributed by atoms with Gasteiger partial charge in [0.15, 0.2) is 5.69 Å².